The molecule has 1 N–H and O–H groups in total. The van der Waals surface area contributed by atoms with Crippen molar-refractivity contribution in [1.29, 1.82) is 0 Å². The van der Waals surface area contributed by atoms with E-state index in [0.717, 1.165) is 11.7 Å². The molecule has 0 heterocycles. The highest BCUT2D eigenvalue weighted by Gasteiger charge is 2.14. The van der Waals surface area contributed by atoms with Crippen molar-refractivity contribution < 1.29 is 4.74 Å². The minimum absolute atomic E-state index is 0.418. The lowest BCUT2D eigenvalue weighted by molar-refractivity contribution is 0.397. The fourth-order valence-corrected chi connectivity index (χ4v) is 2.49. The van der Waals surface area contributed by atoms with Crippen LogP contribution in [0.4, 0.5) is 0 Å². The van der Waals surface area contributed by atoms with Crippen molar-refractivity contribution in [2.24, 2.45) is 5.92 Å². The third-order valence-electron chi connectivity index (χ3n) is 3.60. The summed E-state index contributed by atoms with van der Waals surface area (Å²) in [4.78, 5) is 0. The number of hydrogen-bond donors (Lipinski definition) is 1. The first-order valence-electron chi connectivity index (χ1n) is 6.94. The van der Waals surface area contributed by atoms with Crippen LogP contribution in [0.5, 0.6) is 5.75 Å². The second-order valence-corrected chi connectivity index (χ2v) is 5.20. The second-order valence-electron chi connectivity index (χ2n) is 5.20. The molecule has 0 bridgehead atoms. The molecule has 2 heteroatoms. The van der Waals surface area contributed by atoms with Crippen molar-refractivity contribution in [3.8, 4) is 5.75 Å². The van der Waals surface area contributed by atoms with Crippen molar-refractivity contribution in [3.05, 3.63) is 29.3 Å². The molecule has 0 saturated carbocycles. The van der Waals surface area contributed by atoms with Gasteiger partial charge < -0.3 is 10.1 Å². The third kappa shape index (κ3) is 4.02. The van der Waals surface area contributed by atoms with Gasteiger partial charge in [0, 0.05) is 6.04 Å². The van der Waals surface area contributed by atoms with Gasteiger partial charge in [-0.05, 0) is 43.5 Å². The summed E-state index contributed by atoms with van der Waals surface area (Å²) in [5, 5.41) is 3.42. The van der Waals surface area contributed by atoms with E-state index in [0.29, 0.717) is 6.04 Å². The molecule has 102 valence electrons. The van der Waals surface area contributed by atoms with Crippen LogP contribution >= 0.6 is 0 Å². The molecular weight excluding hydrogens is 222 g/mol. The zero-order valence-corrected chi connectivity index (χ0v) is 12.4. The van der Waals surface area contributed by atoms with Gasteiger partial charge in [0.05, 0.1) is 7.11 Å². The smallest absolute Gasteiger partial charge is 0.122 e. The van der Waals surface area contributed by atoms with Crippen LogP contribution in [0.1, 0.15) is 50.3 Å². The maximum atomic E-state index is 5.40. The number of aryl methyl sites for hydroxylation is 1. The fourth-order valence-electron chi connectivity index (χ4n) is 2.49. The summed E-state index contributed by atoms with van der Waals surface area (Å²) in [5.74, 6) is 1.73. The van der Waals surface area contributed by atoms with E-state index in [1.54, 1.807) is 7.11 Å². The SMILES string of the molecule is CCCC(C)CC(NC)c1ccc(C)c(OC)c1. The third-order valence-corrected chi connectivity index (χ3v) is 3.60. The van der Waals surface area contributed by atoms with Gasteiger partial charge in [0.2, 0.25) is 0 Å². The van der Waals surface area contributed by atoms with E-state index in [4.69, 9.17) is 4.74 Å². The Labute approximate surface area is 112 Å². The first kappa shape index (κ1) is 15.0. The molecule has 1 aromatic carbocycles. The molecule has 2 nitrogen and oxygen atoms in total. The van der Waals surface area contributed by atoms with Gasteiger partial charge in [0.1, 0.15) is 5.75 Å². The Kier molecular flexibility index (Phi) is 6.20. The van der Waals surface area contributed by atoms with E-state index in [1.807, 2.05) is 7.05 Å². The van der Waals surface area contributed by atoms with E-state index < -0.39 is 0 Å². The minimum atomic E-state index is 0.418. The normalized spacial score (nSPS) is 14.3. The van der Waals surface area contributed by atoms with E-state index in [-0.39, 0.29) is 0 Å². The highest BCUT2D eigenvalue weighted by atomic mass is 16.5. The molecule has 18 heavy (non-hydrogen) atoms. The molecule has 0 aromatic heterocycles. The molecule has 0 spiro atoms. The van der Waals surface area contributed by atoms with Crippen LogP contribution in [0.25, 0.3) is 0 Å². The lowest BCUT2D eigenvalue weighted by Gasteiger charge is -2.21. The van der Waals surface area contributed by atoms with E-state index >= 15 is 0 Å². The van der Waals surface area contributed by atoms with Gasteiger partial charge in [-0.25, -0.2) is 0 Å². The molecule has 0 aliphatic rings. The van der Waals surface area contributed by atoms with Gasteiger partial charge in [-0.15, -0.1) is 0 Å². The number of nitrogens with one attached hydrogen (secondary N) is 1. The monoisotopic (exact) mass is 249 g/mol. The topological polar surface area (TPSA) is 21.3 Å². The molecule has 0 aliphatic heterocycles. The standard InChI is InChI=1S/C16H27NO/c1-6-7-12(2)10-15(17-4)14-9-8-13(3)16(11-14)18-5/h8-9,11-12,15,17H,6-7,10H2,1-5H3. The van der Waals surface area contributed by atoms with Crippen LogP contribution in [0.3, 0.4) is 0 Å². The average Bonchev–Trinajstić information content (AvgIpc) is 2.37. The molecule has 2 atom stereocenters. The molecular formula is C16H27NO. The molecule has 1 aromatic rings. The highest BCUT2D eigenvalue weighted by molar-refractivity contribution is 5.37. The Morgan fingerprint density at radius 1 is 1.33 bits per heavy atom. The van der Waals surface area contributed by atoms with Crippen molar-refractivity contribution >= 4 is 0 Å². The largest absolute Gasteiger partial charge is 0.496 e. The molecule has 0 aliphatic carbocycles. The van der Waals surface area contributed by atoms with E-state index in [2.05, 4.69) is 44.3 Å². The maximum Gasteiger partial charge on any atom is 0.122 e. The van der Waals surface area contributed by atoms with Gasteiger partial charge in [-0.1, -0.05) is 38.8 Å². The van der Waals surface area contributed by atoms with E-state index in [1.165, 1.54) is 30.4 Å². The number of rotatable bonds is 7. The first-order valence-corrected chi connectivity index (χ1v) is 6.94. The number of methoxy groups -OCH3 is 1. The fraction of sp³-hybridized carbons (Fsp3) is 0.625. The summed E-state index contributed by atoms with van der Waals surface area (Å²) in [6, 6.07) is 6.93. The van der Waals surface area contributed by atoms with Crippen molar-refractivity contribution in [2.75, 3.05) is 14.2 Å². The van der Waals surface area contributed by atoms with Gasteiger partial charge in [0.15, 0.2) is 0 Å². The Balaban J connectivity index is 2.81. The van der Waals surface area contributed by atoms with Crippen LogP contribution in [0, 0.1) is 12.8 Å². The van der Waals surface area contributed by atoms with Gasteiger partial charge >= 0.3 is 0 Å². The summed E-state index contributed by atoms with van der Waals surface area (Å²) in [5.41, 5.74) is 2.51. The first-order chi connectivity index (χ1) is 8.62. The summed E-state index contributed by atoms with van der Waals surface area (Å²) < 4.78 is 5.40. The van der Waals surface area contributed by atoms with Gasteiger partial charge in [-0.2, -0.15) is 0 Å². The summed E-state index contributed by atoms with van der Waals surface area (Å²) in [6.45, 7) is 6.66. The minimum Gasteiger partial charge on any atom is -0.496 e. The predicted molar refractivity (Wildman–Crippen MR) is 78.2 cm³/mol. The maximum absolute atomic E-state index is 5.40. The Morgan fingerprint density at radius 2 is 2.06 bits per heavy atom. The molecule has 2 unspecified atom stereocenters. The predicted octanol–water partition coefficient (Wildman–Crippen LogP) is 4.09. The summed E-state index contributed by atoms with van der Waals surface area (Å²) >= 11 is 0. The number of ether oxygens (including phenoxy) is 1. The molecule has 1 rings (SSSR count). The zero-order chi connectivity index (χ0) is 13.5. The number of benzene rings is 1. The van der Waals surface area contributed by atoms with Crippen LogP contribution in [0.2, 0.25) is 0 Å². The Bertz CT molecular complexity index is 362. The lowest BCUT2D eigenvalue weighted by Crippen LogP contribution is -2.19. The van der Waals surface area contributed by atoms with Crippen molar-refractivity contribution in [2.45, 2.75) is 46.1 Å². The molecule has 0 saturated heterocycles. The quantitative estimate of drug-likeness (QED) is 0.786. The van der Waals surface area contributed by atoms with Crippen LogP contribution in [-0.4, -0.2) is 14.2 Å². The van der Waals surface area contributed by atoms with Crippen molar-refractivity contribution in [1.82, 2.24) is 5.32 Å². The van der Waals surface area contributed by atoms with Crippen molar-refractivity contribution in [3.63, 3.8) is 0 Å². The Hall–Kier alpha value is -1.02. The average molecular weight is 249 g/mol. The van der Waals surface area contributed by atoms with E-state index in [9.17, 15) is 0 Å². The Morgan fingerprint density at radius 3 is 2.61 bits per heavy atom. The molecule has 0 radical (unpaired) electrons. The van der Waals surface area contributed by atoms with Crippen LogP contribution < -0.4 is 10.1 Å². The lowest BCUT2D eigenvalue weighted by atomic mass is 9.92. The second kappa shape index (κ2) is 7.42. The number of hydrogen-bond acceptors (Lipinski definition) is 2. The zero-order valence-electron chi connectivity index (χ0n) is 12.4. The molecule has 0 fully saturated rings. The summed E-state index contributed by atoms with van der Waals surface area (Å²) in [7, 11) is 3.77. The van der Waals surface area contributed by atoms with Gasteiger partial charge in [0.25, 0.3) is 0 Å². The summed E-state index contributed by atoms with van der Waals surface area (Å²) in [6.07, 6.45) is 3.73. The van der Waals surface area contributed by atoms with Crippen LogP contribution in [-0.2, 0) is 0 Å². The molecule has 0 amide bonds. The van der Waals surface area contributed by atoms with Crippen LogP contribution in [0.15, 0.2) is 18.2 Å². The van der Waals surface area contributed by atoms with Gasteiger partial charge in [-0.3, -0.25) is 0 Å². The highest BCUT2D eigenvalue weighted by Crippen LogP contribution is 2.28.